The molecule has 15 bridgehead atoms. The molecule has 1 saturated heterocycles. The number of nitrogens with zero attached hydrogens (tertiary/aromatic N) is 1. The number of halogens is 2. The summed E-state index contributed by atoms with van der Waals surface area (Å²) in [7, 11) is 2.73. The molecular formula is C89H109Cl2N7O27. The second-order valence-corrected chi connectivity index (χ2v) is 36.7. The molecule has 10 aliphatic rings. The number of aliphatic hydroxyl groups is 5. The molecule has 34 nitrogen and oxygen atoms in total. The average Bonchev–Trinajstić information content (AvgIpc) is 0.766. The van der Waals surface area contributed by atoms with Crippen molar-refractivity contribution in [3.63, 3.8) is 0 Å². The summed E-state index contributed by atoms with van der Waals surface area (Å²) in [6.45, 7) is 13.2. The summed E-state index contributed by atoms with van der Waals surface area (Å²) in [6, 6.07) is 3.80. The minimum atomic E-state index is -2.30. The molecule has 14 atom stereocenters. The fourth-order valence-corrected chi connectivity index (χ4v) is 18.4. The molecule has 5 aromatic carbocycles. The Labute approximate surface area is 731 Å². The Morgan fingerprint density at radius 3 is 1.87 bits per heavy atom. The molecule has 5 aromatic rings. The minimum absolute atomic E-state index is 0.0660. The molecule has 15 rings (SSSR count). The third-order valence-electron chi connectivity index (χ3n) is 23.8. The van der Waals surface area contributed by atoms with E-state index in [4.69, 9.17) is 61.1 Å². The van der Waals surface area contributed by atoms with E-state index in [9.17, 15) is 60.0 Å². The first-order valence-corrected chi connectivity index (χ1v) is 42.6. The van der Waals surface area contributed by atoms with Crippen molar-refractivity contribution in [2.75, 3.05) is 40.5 Å². The number of imide groups is 1. The van der Waals surface area contributed by atoms with Gasteiger partial charge in [0.25, 0.3) is 0 Å². The number of fused-ring (bicyclic) bond motifs is 15. The molecular weight excluding hydrogens is 1670 g/mol. The van der Waals surface area contributed by atoms with Crippen LogP contribution in [0.1, 0.15) is 190 Å². The molecule has 8 amide bonds. The normalized spacial score (nSPS) is 26.9. The van der Waals surface area contributed by atoms with E-state index in [1.54, 1.807) is 55.4 Å². The zero-order valence-electron chi connectivity index (χ0n) is 70.9. The highest BCUT2D eigenvalue weighted by Crippen LogP contribution is 2.58. The van der Waals surface area contributed by atoms with E-state index in [0.717, 1.165) is 79.5 Å². The smallest absolute Gasteiger partial charge is 0.410 e. The van der Waals surface area contributed by atoms with Crippen LogP contribution in [0.4, 0.5) is 9.59 Å². The van der Waals surface area contributed by atoms with Crippen molar-refractivity contribution < 1.29 is 131 Å². The third kappa shape index (κ3) is 22.4. The number of aromatic hydroxyl groups is 3. The van der Waals surface area contributed by atoms with Crippen molar-refractivity contribution in [3.8, 4) is 57.1 Å². The van der Waals surface area contributed by atoms with E-state index in [2.05, 4.69) is 31.9 Å². The van der Waals surface area contributed by atoms with Crippen LogP contribution in [-0.2, 0) is 66.8 Å². The van der Waals surface area contributed by atoms with E-state index >= 15 is 33.6 Å². The largest absolute Gasteiger partial charge is 0.508 e. The van der Waals surface area contributed by atoms with Crippen molar-refractivity contribution in [1.82, 2.24) is 36.8 Å². The number of hydrogen-bond acceptors (Lipinski definition) is 27. The number of ketones is 3. The quantitative estimate of drug-likeness (QED) is 0.0241. The van der Waals surface area contributed by atoms with Crippen LogP contribution < -0.4 is 46.1 Å². The SMILES string of the molecule is COCCOCCNC(=O)NC(=O)C[C@@H]1CC(=O)[C@H](NC(=O)[C@@H](CC(C)C)N(C)C(=O)OC(C)(C)C)[C@H](O)c2ccc(c(Cl)c2)Oc2cc3cc(c2O[C@@H]2O[C@H](CCC(=O)OC(C)(C)C)[C@@H](O)[C@H](O)[C@H]2O)Oc2ccc(cc2Cl)[C@@H](O)[C@@H]2NC(=O)[C@H](CC(=O)C3NC1=O)c1ccc(O)c(c1)-c1c(O)cc(O)cc1[C@@H](C(=O)CC1C3CC4CC(C3)CC1C4)NC2=O. The molecule has 4 aliphatic carbocycles. The van der Waals surface area contributed by atoms with Gasteiger partial charge < -0.3 is 105 Å². The first-order valence-electron chi connectivity index (χ1n) is 41.9. The Balaban J connectivity index is 1.05. The van der Waals surface area contributed by atoms with Gasteiger partial charge in [-0.15, -0.1) is 0 Å². The van der Waals surface area contributed by atoms with E-state index in [1.165, 1.54) is 50.6 Å². The number of aliphatic hydroxyl groups excluding tert-OH is 5. The van der Waals surface area contributed by atoms with Gasteiger partial charge in [0.15, 0.2) is 28.8 Å². The van der Waals surface area contributed by atoms with Crippen LogP contribution in [0.15, 0.2) is 78.9 Å². The molecule has 1 unspecified atom stereocenters. The van der Waals surface area contributed by atoms with Crippen molar-refractivity contribution in [1.29, 1.82) is 0 Å². The fraction of sp³-hybridized carbons (Fsp3) is 0.539. The number of rotatable bonds is 21. The Bertz CT molecular complexity index is 4910. The summed E-state index contributed by atoms with van der Waals surface area (Å²) in [4.78, 5) is 167. The Morgan fingerprint density at radius 2 is 1.26 bits per heavy atom. The molecule has 14 N–H and O–H groups in total. The maximum atomic E-state index is 16.7. The number of benzene rings is 5. The van der Waals surface area contributed by atoms with Gasteiger partial charge in [0.2, 0.25) is 41.6 Å². The molecule has 4 saturated carbocycles. The van der Waals surface area contributed by atoms with Crippen molar-refractivity contribution >= 4 is 88.2 Å². The molecule has 0 spiro atoms. The van der Waals surface area contributed by atoms with Crippen LogP contribution in [-0.4, -0.2) is 211 Å². The maximum absolute atomic E-state index is 16.7. The number of nitrogens with one attached hydrogen (secondary N) is 6. The summed E-state index contributed by atoms with van der Waals surface area (Å²) in [5, 5.41) is 111. The number of likely N-dealkylation sites (N-methyl/N-ethyl adjacent to an activating group) is 1. The highest BCUT2D eigenvalue weighted by atomic mass is 35.5. The summed E-state index contributed by atoms with van der Waals surface area (Å²) >= 11 is 14.5. The zero-order valence-corrected chi connectivity index (χ0v) is 72.4. The van der Waals surface area contributed by atoms with Crippen molar-refractivity contribution in [2.45, 2.75) is 223 Å². The van der Waals surface area contributed by atoms with E-state index in [-0.39, 0.29) is 114 Å². The second-order valence-electron chi connectivity index (χ2n) is 35.8. The highest BCUT2D eigenvalue weighted by molar-refractivity contribution is 6.32. The minimum Gasteiger partial charge on any atom is -0.508 e. The van der Waals surface area contributed by atoms with Gasteiger partial charge in [0.05, 0.1) is 47.8 Å². The lowest BCUT2D eigenvalue weighted by molar-refractivity contribution is -0.273. The second kappa shape index (κ2) is 39.3. The van der Waals surface area contributed by atoms with Crippen LogP contribution in [0.5, 0.6) is 46.0 Å². The predicted octanol–water partition coefficient (Wildman–Crippen LogP) is 8.57. The molecule has 0 aromatic heterocycles. The van der Waals surface area contributed by atoms with E-state index in [0.29, 0.717) is 11.8 Å². The molecule has 36 heteroatoms. The molecule has 6 aliphatic heterocycles. The van der Waals surface area contributed by atoms with Crippen molar-refractivity contribution in [3.05, 3.63) is 117 Å². The van der Waals surface area contributed by atoms with Gasteiger partial charge in [-0.2, -0.15) is 0 Å². The number of hydrogen-bond donors (Lipinski definition) is 14. The lowest BCUT2D eigenvalue weighted by Crippen LogP contribution is -2.59. The first kappa shape index (κ1) is 93.9. The van der Waals surface area contributed by atoms with Crippen LogP contribution in [0, 0.1) is 41.4 Å². The fourth-order valence-electron chi connectivity index (χ4n) is 18.0. The number of phenolic OH excluding ortho intramolecular Hbond substituents is 3. The average molecular weight is 1780 g/mol. The number of Topliss-reactive ketones (excluding diaryl/α,β-unsaturated/α-hetero) is 3. The van der Waals surface area contributed by atoms with Crippen molar-refractivity contribution in [2.24, 2.45) is 41.4 Å². The van der Waals surface area contributed by atoms with Crippen LogP contribution in [0.25, 0.3) is 11.1 Å². The van der Waals surface area contributed by atoms with Crippen LogP contribution in [0.3, 0.4) is 0 Å². The van der Waals surface area contributed by atoms with Gasteiger partial charge >= 0.3 is 18.1 Å². The van der Waals surface area contributed by atoms with Gasteiger partial charge in [-0.25, -0.2) is 9.59 Å². The molecule has 125 heavy (non-hydrogen) atoms. The summed E-state index contributed by atoms with van der Waals surface area (Å²) < 4.78 is 47.9. The molecule has 0 radical (unpaired) electrons. The number of amides is 8. The Morgan fingerprint density at radius 1 is 0.640 bits per heavy atom. The van der Waals surface area contributed by atoms with Gasteiger partial charge in [-0.1, -0.05) is 55.2 Å². The maximum Gasteiger partial charge on any atom is 0.410 e. The van der Waals surface area contributed by atoms with Gasteiger partial charge in [-0.3, -0.25) is 53.4 Å². The standard InChI is InChI=1S/C89H109Cl2N7O27/c1-40(2)23-57(98(9)87(117)125-89(6,7)8)83(114)96-73-60(102)32-49(35-68(105)93-86(116)92-19-20-119-22-21-118-10)81(112)94-71-48-33-66(120-63-15-12-44(75(73)107)30-55(63)90)80(123-85-79(111)78(110)77(109)65(122-85)17-18-69(106)124-88(3,4)5)67(34-48)121-64-16-13-45(31-56(64)91)76(108)74-84(115)95-72(62(104)38-51-46-25-41-24-42(27-46)28-47(51)26-41)54-36-50(99)37-59(101)70(54)53-29-43(11-14-58(53)100)52(39-61(71)103)82(113)97-74/h11-16,29-31,33-34,36-37,40-42,46-47,49,51-52,57,65,71-79,85,99-101,107-111H,17-28,32,35,38-39H2,1-10H3,(H,94,112)(H,95,115)(H,96,114)(H,97,113)(H2,92,93,105,116)/t41?,42?,46?,47?,49-,51?,52+,57+,65+,71?,72-,73-,74-,75+,76+,77+,78-,79+,85-/m0/s1. The predicted molar refractivity (Wildman–Crippen MR) is 446 cm³/mol. The lowest BCUT2D eigenvalue weighted by Gasteiger charge is -2.54. The molecule has 676 valence electrons. The summed E-state index contributed by atoms with van der Waals surface area (Å²) in [6.07, 6.45) is -14.8. The highest BCUT2D eigenvalue weighted by Gasteiger charge is 2.52. The Kier molecular flexibility index (Phi) is 29.5. The van der Waals surface area contributed by atoms with E-state index in [1.807, 2.05) is 0 Å². The first-order chi connectivity index (χ1) is 59.0. The lowest BCUT2D eigenvalue weighted by atomic mass is 9.51. The summed E-state index contributed by atoms with van der Waals surface area (Å²) in [5.41, 5.74) is -3.94. The summed E-state index contributed by atoms with van der Waals surface area (Å²) in [5.74, 6) is -17.6. The number of ether oxygens (including phenoxy) is 8. The molecule has 5 fully saturated rings. The Hall–Kier alpha value is -10.3. The zero-order chi connectivity index (χ0) is 90.7. The van der Waals surface area contributed by atoms with Gasteiger partial charge in [0.1, 0.15) is 101 Å². The topological polar surface area (TPSA) is 499 Å². The van der Waals surface area contributed by atoms with Gasteiger partial charge in [-0.05, 0) is 204 Å². The number of phenols is 3. The van der Waals surface area contributed by atoms with Crippen LogP contribution >= 0.6 is 23.2 Å². The number of carbonyl (C=O) groups is 11. The third-order valence-corrected chi connectivity index (χ3v) is 24.4. The monoisotopic (exact) mass is 1780 g/mol. The number of esters is 1. The molecule has 6 heterocycles. The van der Waals surface area contributed by atoms with E-state index < -0.39 is 237 Å². The van der Waals surface area contributed by atoms with Gasteiger partial charge in [0, 0.05) is 70.0 Å². The number of urea groups is 1. The van der Waals surface area contributed by atoms with Crippen LogP contribution in [0.2, 0.25) is 10.0 Å². The number of methoxy groups -OCH3 is 1. The number of carbonyl (C=O) groups excluding carboxylic acids is 11.